The van der Waals surface area contributed by atoms with Gasteiger partial charge in [0, 0.05) is 18.1 Å². The summed E-state index contributed by atoms with van der Waals surface area (Å²) in [6.07, 6.45) is 1.59. The van der Waals surface area contributed by atoms with E-state index in [-0.39, 0.29) is 18.1 Å². The van der Waals surface area contributed by atoms with Crippen LogP contribution in [0.2, 0.25) is 0 Å². The number of carbonyl (C=O) groups excluding carboxylic acids is 1. The number of thioether (sulfide) groups is 1. The number of nitrogens with one attached hydrogen (secondary N) is 1. The molecule has 0 atom stereocenters. The Morgan fingerprint density at radius 3 is 2.88 bits per heavy atom. The van der Waals surface area contributed by atoms with Gasteiger partial charge in [-0.05, 0) is 12.1 Å². The lowest BCUT2D eigenvalue weighted by atomic mass is 10.4. The van der Waals surface area contributed by atoms with Crippen molar-refractivity contribution in [3.05, 3.63) is 24.2 Å². The van der Waals surface area contributed by atoms with Gasteiger partial charge in [-0.25, -0.2) is 0 Å². The summed E-state index contributed by atoms with van der Waals surface area (Å²) in [6, 6.07) is 3.24. The molecule has 0 bridgehead atoms. The molecule has 1 amide bonds. The second-order valence-electron chi connectivity index (χ2n) is 2.99. The third-order valence-electron chi connectivity index (χ3n) is 1.74. The molecule has 5 nitrogen and oxygen atoms in total. The van der Waals surface area contributed by atoms with Crippen molar-refractivity contribution in [3.8, 4) is 0 Å². The van der Waals surface area contributed by atoms with Crippen LogP contribution in [0.5, 0.6) is 0 Å². The topological polar surface area (TPSA) is 79.5 Å². The van der Waals surface area contributed by atoms with Crippen LogP contribution in [0.25, 0.3) is 0 Å². The second-order valence-corrected chi connectivity index (χ2v) is 4.21. The molecule has 0 saturated heterocycles. The Hall–Kier alpha value is -1.43. The number of aliphatic carboxylic acids is 1. The van der Waals surface area contributed by atoms with Crippen LogP contribution in [0, 0.1) is 0 Å². The Bertz CT molecular complexity index is 337. The molecule has 0 aliphatic rings. The van der Waals surface area contributed by atoms with Gasteiger partial charge in [0.05, 0.1) is 12.7 Å². The molecule has 0 aromatic carbocycles. The van der Waals surface area contributed by atoms with E-state index in [0.29, 0.717) is 18.1 Å². The van der Waals surface area contributed by atoms with Gasteiger partial charge < -0.3 is 14.8 Å². The van der Waals surface area contributed by atoms with E-state index in [0.717, 1.165) is 0 Å². The molecule has 0 radical (unpaired) electrons. The molecular formula is C10H13NO4S. The summed E-state index contributed by atoms with van der Waals surface area (Å²) in [4.78, 5) is 21.5. The number of carbonyl (C=O) groups is 2. The Morgan fingerprint density at radius 1 is 1.44 bits per heavy atom. The number of carboxylic acids is 1. The first-order chi connectivity index (χ1) is 7.70. The fourth-order valence-electron chi connectivity index (χ4n) is 0.993. The summed E-state index contributed by atoms with van der Waals surface area (Å²) in [5.41, 5.74) is 0. The van der Waals surface area contributed by atoms with E-state index in [9.17, 15) is 9.59 Å². The normalized spacial score (nSPS) is 10.0. The molecule has 1 rings (SSSR count). The van der Waals surface area contributed by atoms with Gasteiger partial charge in [-0.15, -0.1) is 0 Å². The molecule has 0 aliphatic heterocycles. The third kappa shape index (κ3) is 4.88. The first-order valence-corrected chi connectivity index (χ1v) is 5.97. The zero-order valence-corrected chi connectivity index (χ0v) is 9.46. The first-order valence-electron chi connectivity index (χ1n) is 4.81. The largest absolute Gasteiger partial charge is 0.481 e. The molecule has 0 fully saturated rings. The van der Waals surface area contributed by atoms with E-state index in [1.54, 1.807) is 12.1 Å². The highest BCUT2D eigenvalue weighted by molar-refractivity contribution is 7.99. The van der Waals surface area contributed by atoms with E-state index in [1.165, 1.54) is 18.0 Å². The monoisotopic (exact) mass is 243 g/mol. The highest BCUT2D eigenvalue weighted by Gasteiger charge is 2.06. The van der Waals surface area contributed by atoms with E-state index in [4.69, 9.17) is 9.52 Å². The fourth-order valence-corrected chi connectivity index (χ4v) is 1.76. The summed E-state index contributed by atoms with van der Waals surface area (Å²) in [6.45, 7) is 0.504. The number of rotatable bonds is 7. The number of amides is 1. The SMILES string of the molecule is O=C(O)CCSCCNC(=O)c1ccco1. The molecule has 0 aliphatic carbocycles. The van der Waals surface area contributed by atoms with Gasteiger partial charge in [0.15, 0.2) is 5.76 Å². The van der Waals surface area contributed by atoms with E-state index in [2.05, 4.69) is 5.32 Å². The standard InChI is InChI=1S/C10H13NO4S/c12-9(13)3-6-16-7-4-11-10(14)8-2-1-5-15-8/h1-2,5H,3-4,6-7H2,(H,11,14)(H,12,13). The van der Waals surface area contributed by atoms with Crippen molar-refractivity contribution in [1.29, 1.82) is 0 Å². The fraction of sp³-hybridized carbons (Fsp3) is 0.400. The van der Waals surface area contributed by atoms with Gasteiger partial charge in [-0.3, -0.25) is 9.59 Å². The highest BCUT2D eigenvalue weighted by atomic mass is 32.2. The van der Waals surface area contributed by atoms with Crippen LogP contribution in [0.15, 0.2) is 22.8 Å². The molecule has 1 aromatic rings. The number of hydrogen-bond donors (Lipinski definition) is 2. The summed E-state index contributed by atoms with van der Waals surface area (Å²) >= 11 is 1.49. The molecule has 1 aromatic heterocycles. The van der Waals surface area contributed by atoms with Crippen molar-refractivity contribution in [3.63, 3.8) is 0 Å². The van der Waals surface area contributed by atoms with Crippen LogP contribution in [0.4, 0.5) is 0 Å². The molecule has 6 heteroatoms. The predicted molar refractivity (Wildman–Crippen MR) is 60.6 cm³/mol. The van der Waals surface area contributed by atoms with Crippen molar-refractivity contribution in [2.24, 2.45) is 0 Å². The Kier molecular flexibility index (Phi) is 5.49. The van der Waals surface area contributed by atoms with Crippen LogP contribution in [-0.4, -0.2) is 35.0 Å². The number of carboxylic acid groups (broad SMARTS) is 1. The van der Waals surface area contributed by atoms with Crippen LogP contribution in [0.1, 0.15) is 17.0 Å². The van der Waals surface area contributed by atoms with Crippen molar-refractivity contribution >= 4 is 23.6 Å². The van der Waals surface area contributed by atoms with Crippen molar-refractivity contribution in [2.45, 2.75) is 6.42 Å². The van der Waals surface area contributed by atoms with Crippen LogP contribution in [0.3, 0.4) is 0 Å². The number of hydrogen-bond acceptors (Lipinski definition) is 4. The van der Waals surface area contributed by atoms with Crippen molar-refractivity contribution < 1.29 is 19.1 Å². The molecular weight excluding hydrogens is 230 g/mol. The average Bonchev–Trinajstić information content (AvgIpc) is 2.75. The van der Waals surface area contributed by atoms with Gasteiger partial charge in [-0.2, -0.15) is 11.8 Å². The quantitative estimate of drug-likeness (QED) is 0.704. The van der Waals surface area contributed by atoms with Gasteiger partial charge in [0.2, 0.25) is 0 Å². The minimum absolute atomic E-state index is 0.150. The minimum Gasteiger partial charge on any atom is -0.481 e. The average molecular weight is 243 g/mol. The maximum absolute atomic E-state index is 11.3. The molecule has 1 heterocycles. The Labute approximate surface area is 97.2 Å². The zero-order valence-electron chi connectivity index (χ0n) is 8.64. The van der Waals surface area contributed by atoms with Crippen molar-refractivity contribution in [1.82, 2.24) is 5.32 Å². The van der Waals surface area contributed by atoms with E-state index < -0.39 is 5.97 Å². The zero-order chi connectivity index (χ0) is 11.8. The summed E-state index contributed by atoms with van der Waals surface area (Å²) in [7, 11) is 0. The van der Waals surface area contributed by atoms with Gasteiger partial charge in [0.1, 0.15) is 0 Å². The Morgan fingerprint density at radius 2 is 2.25 bits per heavy atom. The minimum atomic E-state index is -0.799. The smallest absolute Gasteiger partial charge is 0.304 e. The second kappa shape index (κ2) is 6.95. The molecule has 2 N–H and O–H groups in total. The summed E-state index contributed by atoms with van der Waals surface area (Å²) in [5, 5.41) is 11.1. The lowest BCUT2D eigenvalue weighted by Gasteiger charge is -2.02. The van der Waals surface area contributed by atoms with Gasteiger partial charge in [0.25, 0.3) is 5.91 Å². The summed E-state index contributed by atoms with van der Waals surface area (Å²) in [5.74, 6) is 0.498. The predicted octanol–water partition coefficient (Wildman–Crippen LogP) is 1.22. The lowest BCUT2D eigenvalue weighted by molar-refractivity contribution is -0.136. The molecule has 88 valence electrons. The summed E-state index contributed by atoms with van der Waals surface area (Å²) < 4.78 is 4.91. The Balaban J connectivity index is 2.03. The van der Waals surface area contributed by atoms with Crippen LogP contribution in [-0.2, 0) is 4.79 Å². The van der Waals surface area contributed by atoms with E-state index >= 15 is 0 Å². The highest BCUT2D eigenvalue weighted by Crippen LogP contribution is 2.02. The molecule has 0 spiro atoms. The van der Waals surface area contributed by atoms with Gasteiger partial charge >= 0.3 is 5.97 Å². The maximum Gasteiger partial charge on any atom is 0.304 e. The maximum atomic E-state index is 11.3. The van der Waals surface area contributed by atoms with E-state index in [1.807, 2.05) is 0 Å². The van der Waals surface area contributed by atoms with Crippen LogP contribution < -0.4 is 5.32 Å². The van der Waals surface area contributed by atoms with Gasteiger partial charge in [-0.1, -0.05) is 0 Å². The van der Waals surface area contributed by atoms with Crippen LogP contribution >= 0.6 is 11.8 Å². The van der Waals surface area contributed by atoms with Crippen molar-refractivity contribution in [2.75, 3.05) is 18.1 Å². The molecule has 0 saturated carbocycles. The molecule has 0 unspecified atom stereocenters. The molecule has 16 heavy (non-hydrogen) atoms. The lowest BCUT2D eigenvalue weighted by Crippen LogP contribution is -2.25. The third-order valence-corrected chi connectivity index (χ3v) is 2.72. The first kappa shape index (κ1) is 12.6. The number of furan rings is 1.